The summed E-state index contributed by atoms with van der Waals surface area (Å²) in [6.45, 7) is 2.74. The molecule has 0 radical (unpaired) electrons. The molecule has 0 saturated carbocycles. The van der Waals surface area contributed by atoms with Gasteiger partial charge in [-0.2, -0.15) is 0 Å². The zero-order valence-corrected chi connectivity index (χ0v) is 13.0. The van der Waals surface area contributed by atoms with Gasteiger partial charge in [0.25, 0.3) is 5.91 Å². The Hall–Kier alpha value is -1.89. The van der Waals surface area contributed by atoms with Gasteiger partial charge >= 0.3 is 0 Å². The van der Waals surface area contributed by atoms with Crippen LogP contribution >= 0.6 is 11.3 Å². The molecule has 1 aliphatic carbocycles. The predicted octanol–water partition coefficient (Wildman–Crippen LogP) is 1.76. The molecular formula is C14H19N3O3S. The van der Waals surface area contributed by atoms with Crippen LogP contribution in [0.5, 0.6) is 0 Å². The molecule has 114 valence electrons. The van der Waals surface area contributed by atoms with Crippen LogP contribution in [0.25, 0.3) is 0 Å². The van der Waals surface area contributed by atoms with Gasteiger partial charge in [-0.1, -0.05) is 6.42 Å². The number of hydrogen-bond donors (Lipinski definition) is 3. The van der Waals surface area contributed by atoms with E-state index < -0.39 is 0 Å². The molecule has 21 heavy (non-hydrogen) atoms. The predicted molar refractivity (Wildman–Crippen MR) is 81.2 cm³/mol. The number of hydrogen-bond acceptors (Lipinski definition) is 4. The number of carbonyl (C=O) groups is 3. The Morgan fingerprint density at radius 2 is 1.67 bits per heavy atom. The molecule has 1 aliphatic rings. The Morgan fingerprint density at radius 3 is 2.33 bits per heavy atom. The fourth-order valence-corrected chi connectivity index (χ4v) is 3.77. The highest BCUT2D eigenvalue weighted by Gasteiger charge is 2.25. The fraction of sp³-hybridized carbons (Fsp3) is 0.500. The van der Waals surface area contributed by atoms with Crippen molar-refractivity contribution in [2.24, 2.45) is 0 Å². The highest BCUT2D eigenvalue weighted by Crippen LogP contribution is 2.37. The zero-order chi connectivity index (χ0) is 15.4. The highest BCUT2D eigenvalue weighted by molar-refractivity contribution is 7.17. The number of fused-ring (bicyclic) bond motifs is 1. The lowest BCUT2D eigenvalue weighted by Crippen LogP contribution is -2.40. The number of thiophene rings is 1. The molecule has 0 saturated heterocycles. The van der Waals surface area contributed by atoms with Crippen molar-refractivity contribution in [1.82, 2.24) is 10.9 Å². The summed E-state index contributed by atoms with van der Waals surface area (Å²) in [5.41, 5.74) is 6.17. The first kappa shape index (κ1) is 15.5. The first-order valence-corrected chi connectivity index (χ1v) is 7.79. The second kappa shape index (κ2) is 6.71. The number of nitrogens with one attached hydrogen (secondary N) is 3. The van der Waals surface area contributed by atoms with Gasteiger partial charge < -0.3 is 5.32 Å². The van der Waals surface area contributed by atoms with E-state index in [1.165, 1.54) is 25.2 Å². The van der Waals surface area contributed by atoms with Crippen LogP contribution in [-0.2, 0) is 22.4 Å². The van der Waals surface area contributed by atoms with E-state index in [2.05, 4.69) is 16.2 Å². The van der Waals surface area contributed by atoms with Crippen LogP contribution in [0.4, 0.5) is 5.00 Å². The molecule has 3 amide bonds. The van der Waals surface area contributed by atoms with E-state index in [-0.39, 0.29) is 17.7 Å². The second-order valence-electron chi connectivity index (χ2n) is 5.09. The number of carbonyl (C=O) groups excluding carboxylic acids is 3. The van der Waals surface area contributed by atoms with Gasteiger partial charge in [0.15, 0.2) is 0 Å². The monoisotopic (exact) mass is 309 g/mol. The van der Waals surface area contributed by atoms with E-state index in [4.69, 9.17) is 0 Å². The average Bonchev–Trinajstić information content (AvgIpc) is 2.57. The van der Waals surface area contributed by atoms with Gasteiger partial charge in [-0.3, -0.25) is 25.2 Å². The van der Waals surface area contributed by atoms with Crippen LogP contribution in [0.3, 0.4) is 0 Å². The maximum atomic E-state index is 12.3. The largest absolute Gasteiger partial charge is 0.317 e. The van der Waals surface area contributed by atoms with Gasteiger partial charge in [0.1, 0.15) is 5.00 Å². The summed E-state index contributed by atoms with van der Waals surface area (Å²) in [6, 6.07) is 0. The van der Waals surface area contributed by atoms with Gasteiger partial charge in [-0.15, -0.1) is 11.3 Å². The lowest BCUT2D eigenvalue weighted by Gasteiger charge is -2.09. The Morgan fingerprint density at radius 1 is 0.952 bits per heavy atom. The molecule has 0 spiro atoms. The van der Waals surface area contributed by atoms with Gasteiger partial charge in [0.2, 0.25) is 11.8 Å². The fourth-order valence-electron chi connectivity index (χ4n) is 2.44. The van der Waals surface area contributed by atoms with Crippen molar-refractivity contribution < 1.29 is 14.4 Å². The number of anilines is 1. The zero-order valence-electron chi connectivity index (χ0n) is 12.2. The second-order valence-corrected chi connectivity index (χ2v) is 6.19. The Labute approximate surface area is 127 Å². The van der Waals surface area contributed by atoms with E-state index >= 15 is 0 Å². The summed E-state index contributed by atoms with van der Waals surface area (Å²) in [6.07, 6.45) is 5.03. The molecule has 6 nitrogen and oxygen atoms in total. The maximum absolute atomic E-state index is 12.3. The Kier molecular flexibility index (Phi) is 4.95. The summed E-state index contributed by atoms with van der Waals surface area (Å²) in [4.78, 5) is 35.7. The van der Waals surface area contributed by atoms with Gasteiger partial charge in [-0.05, 0) is 31.2 Å². The van der Waals surface area contributed by atoms with Crippen LogP contribution in [0.15, 0.2) is 0 Å². The van der Waals surface area contributed by atoms with E-state index in [0.717, 1.165) is 42.5 Å². The average molecular weight is 309 g/mol. The van der Waals surface area contributed by atoms with E-state index in [1.807, 2.05) is 0 Å². The molecule has 0 aromatic carbocycles. The quantitative estimate of drug-likeness (QED) is 0.574. The number of hydrazine groups is 1. The van der Waals surface area contributed by atoms with Crippen molar-refractivity contribution >= 4 is 34.1 Å². The third-order valence-electron chi connectivity index (χ3n) is 3.29. The molecule has 1 aromatic heterocycles. The minimum absolute atomic E-state index is 0.208. The van der Waals surface area contributed by atoms with E-state index in [1.54, 1.807) is 0 Å². The van der Waals surface area contributed by atoms with Crippen molar-refractivity contribution in [2.75, 3.05) is 5.32 Å². The third kappa shape index (κ3) is 3.81. The summed E-state index contributed by atoms with van der Waals surface area (Å²) in [5.74, 6) is -0.931. The Bertz CT molecular complexity index is 580. The van der Waals surface area contributed by atoms with Crippen molar-refractivity contribution in [1.29, 1.82) is 0 Å². The van der Waals surface area contributed by atoms with Crippen LogP contribution in [-0.4, -0.2) is 17.7 Å². The molecule has 0 aliphatic heterocycles. The van der Waals surface area contributed by atoms with Crippen molar-refractivity contribution in [3.05, 3.63) is 16.0 Å². The van der Waals surface area contributed by atoms with Gasteiger partial charge in [0, 0.05) is 18.7 Å². The molecule has 2 rings (SSSR count). The molecule has 0 bridgehead atoms. The highest BCUT2D eigenvalue weighted by atomic mass is 32.1. The number of aryl methyl sites for hydroxylation is 1. The van der Waals surface area contributed by atoms with Crippen LogP contribution in [0.2, 0.25) is 0 Å². The maximum Gasteiger partial charge on any atom is 0.272 e. The number of amides is 3. The minimum Gasteiger partial charge on any atom is -0.317 e. The van der Waals surface area contributed by atoms with E-state index in [0.29, 0.717) is 10.6 Å². The standard InChI is InChI=1S/C14H19N3O3S/c1-8(18)15-14-12(13(20)17-16-9(2)19)10-6-4-3-5-7-11(10)21-14/h3-7H2,1-2H3,(H,15,18)(H,16,19)(H,17,20). The van der Waals surface area contributed by atoms with Crippen LogP contribution in [0.1, 0.15) is 53.9 Å². The molecular weight excluding hydrogens is 290 g/mol. The first-order valence-electron chi connectivity index (χ1n) is 6.98. The topological polar surface area (TPSA) is 87.3 Å². The summed E-state index contributed by atoms with van der Waals surface area (Å²) in [7, 11) is 0. The molecule has 1 heterocycles. The molecule has 7 heteroatoms. The van der Waals surface area contributed by atoms with Crippen molar-refractivity contribution in [3.8, 4) is 0 Å². The van der Waals surface area contributed by atoms with Crippen LogP contribution < -0.4 is 16.2 Å². The molecule has 0 fully saturated rings. The first-order chi connectivity index (χ1) is 9.99. The SMILES string of the molecule is CC(=O)NNC(=O)c1c(NC(C)=O)sc2c1CCCCC2. The van der Waals surface area contributed by atoms with Crippen LogP contribution in [0, 0.1) is 0 Å². The lowest BCUT2D eigenvalue weighted by atomic mass is 10.1. The molecule has 3 N–H and O–H groups in total. The summed E-state index contributed by atoms with van der Waals surface area (Å²) < 4.78 is 0. The van der Waals surface area contributed by atoms with Gasteiger partial charge in [-0.25, -0.2) is 0 Å². The minimum atomic E-state index is -0.381. The summed E-state index contributed by atoms with van der Waals surface area (Å²) >= 11 is 1.46. The normalized spacial score (nSPS) is 13.8. The molecule has 0 unspecified atom stereocenters. The van der Waals surface area contributed by atoms with Crippen molar-refractivity contribution in [3.63, 3.8) is 0 Å². The van der Waals surface area contributed by atoms with Gasteiger partial charge in [0.05, 0.1) is 5.56 Å². The Balaban J connectivity index is 2.34. The smallest absolute Gasteiger partial charge is 0.272 e. The lowest BCUT2D eigenvalue weighted by molar-refractivity contribution is -0.119. The third-order valence-corrected chi connectivity index (χ3v) is 4.50. The molecule has 0 atom stereocenters. The number of rotatable bonds is 2. The van der Waals surface area contributed by atoms with Crippen molar-refractivity contribution in [2.45, 2.75) is 46.0 Å². The summed E-state index contributed by atoms with van der Waals surface area (Å²) in [5, 5.41) is 3.29. The van der Waals surface area contributed by atoms with E-state index in [9.17, 15) is 14.4 Å². The molecule has 1 aromatic rings.